The average molecular weight is 404 g/mol. The van der Waals surface area contributed by atoms with Gasteiger partial charge in [-0.25, -0.2) is 9.97 Å². The van der Waals surface area contributed by atoms with E-state index in [9.17, 15) is 20.0 Å². The fourth-order valence-corrected chi connectivity index (χ4v) is 2.81. The van der Waals surface area contributed by atoms with Gasteiger partial charge in [-0.1, -0.05) is 42.5 Å². The Bertz CT molecular complexity index is 1070. The van der Waals surface area contributed by atoms with Gasteiger partial charge < -0.3 is 10.4 Å². The molecule has 2 N–H and O–H groups in total. The van der Waals surface area contributed by atoms with Crippen LogP contribution in [0.2, 0.25) is 0 Å². The van der Waals surface area contributed by atoms with Crippen LogP contribution in [0.3, 0.4) is 0 Å². The van der Waals surface area contributed by atoms with Gasteiger partial charge in [0.2, 0.25) is 0 Å². The number of carbonyl (C=O) groups is 1. The van der Waals surface area contributed by atoms with Gasteiger partial charge in [-0.15, -0.1) is 0 Å². The zero-order valence-electron chi connectivity index (χ0n) is 16.1. The molecule has 0 spiro atoms. The minimum atomic E-state index is -0.703. The second-order valence-electron chi connectivity index (χ2n) is 6.56. The number of non-ortho nitro benzene ring substituents is 1. The molecule has 1 amide bonds. The first-order valence-corrected chi connectivity index (χ1v) is 9.28. The fourth-order valence-electron chi connectivity index (χ4n) is 2.81. The molecule has 0 aliphatic carbocycles. The molecular formula is C22H20N4O4. The molecule has 0 radical (unpaired) electrons. The molecule has 1 aromatic heterocycles. The van der Waals surface area contributed by atoms with Gasteiger partial charge in [-0.3, -0.25) is 14.9 Å². The third-order valence-corrected chi connectivity index (χ3v) is 4.35. The van der Waals surface area contributed by atoms with Crippen LogP contribution in [0.15, 0.2) is 72.8 Å². The predicted molar refractivity (Wildman–Crippen MR) is 111 cm³/mol. The van der Waals surface area contributed by atoms with Crippen LogP contribution in [-0.2, 0) is 24.2 Å². The molecule has 2 aromatic carbocycles. The Kier molecular flexibility index (Phi) is 6.83. The third kappa shape index (κ3) is 5.96. The number of hydrogen-bond donors (Lipinski definition) is 2. The molecule has 0 unspecified atom stereocenters. The van der Waals surface area contributed by atoms with Crippen LogP contribution in [0.5, 0.6) is 0 Å². The zero-order valence-corrected chi connectivity index (χ0v) is 16.1. The Morgan fingerprint density at radius 1 is 1.03 bits per heavy atom. The monoisotopic (exact) mass is 404 g/mol. The second-order valence-corrected chi connectivity index (χ2v) is 6.56. The quantitative estimate of drug-likeness (QED) is 0.257. The number of nitrogens with zero attached hydrogens (tertiary/aromatic N) is 3. The van der Waals surface area contributed by atoms with E-state index in [2.05, 4.69) is 15.3 Å². The van der Waals surface area contributed by atoms with Crippen molar-refractivity contribution < 1.29 is 14.8 Å². The highest BCUT2D eigenvalue weighted by Gasteiger charge is 2.10. The van der Waals surface area contributed by atoms with Crippen molar-refractivity contribution in [2.45, 2.75) is 19.4 Å². The van der Waals surface area contributed by atoms with Gasteiger partial charge in [0, 0.05) is 30.4 Å². The first-order valence-electron chi connectivity index (χ1n) is 9.28. The van der Waals surface area contributed by atoms with Crippen molar-refractivity contribution in [2.75, 3.05) is 0 Å². The number of nitro groups is 1. The number of aliphatic hydroxyl groups excluding tert-OH is 1. The van der Waals surface area contributed by atoms with Crippen LogP contribution in [0.4, 0.5) is 5.69 Å². The molecule has 0 atom stereocenters. The van der Waals surface area contributed by atoms with Gasteiger partial charge in [0.05, 0.1) is 10.6 Å². The molecule has 0 bridgehead atoms. The maximum atomic E-state index is 12.1. The van der Waals surface area contributed by atoms with Gasteiger partial charge in [0.1, 0.15) is 6.33 Å². The molecule has 8 nitrogen and oxygen atoms in total. The summed E-state index contributed by atoms with van der Waals surface area (Å²) in [7, 11) is 0. The summed E-state index contributed by atoms with van der Waals surface area (Å²) in [5.74, 6) is -1.21. The summed E-state index contributed by atoms with van der Waals surface area (Å²) in [6.07, 6.45) is 4.17. The molecule has 0 aliphatic rings. The molecule has 152 valence electrons. The van der Waals surface area contributed by atoms with Gasteiger partial charge in [-0.05, 0) is 30.0 Å². The number of nitro benzene ring substituents is 1. The topological polar surface area (TPSA) is 118 Å². The van der Waals surface area contributed by atoms with E-state index >= 15 is 0 Å². The SMILES string of the molecule is O=C(NCc1cccc([N+](=O)[O-])c1)/C(O)=C/c1cc(CCc2ccccc2)ncn1. The largest absolute Gasteiger partial charge is 0.503 e. The van der Waals surface area contributed by atoms with Gasteiger partial charge in [0.25, 0.3) is 11.6 Å². The molecule has 1 heterocycles. The van der Waals surface area contributed by atoms with Crippen LogP contribution < -0.4 is 5.32 Å². The molecule has 0 fully saturated rings. The summed E-state index contributed by atoms with van der Waals surface area (Å²) in [6, 6.07) is 17.6. The maximum absolute atomic E-state index is 12.1. The third-order valence-electron chi connectivity index (χ3n) is 4.35. The number of aliphatic hydroxyl groups is 1. The van der Waals surface area contributed by atoms with E-state index in [1.807, 2.05) is 30.3 Å². The summed E-state index contributed by atoms with van der Waals surface area (Å²) in [6.45, 7) is 0.0461. The predicted octanol–water partition coefficient (Wildman–Crippen LogP) is 3.39. The average Bonchev–Trinajstić information content (AvgIpc) is 2.77. The molecule has 0 aliphatic heterocycles. The van der Waals surface area contributed by atoms with Crippen LogP contribution in [-0.4, -0.2) is 25.9 Å². The molecule has 30 heavy (non-hydrogen) atoms. The van der Waals surface area contributed by atoms with E-state index in [4.69, 9.17) is 0 Å². The number of aromatic nitrogens is 2. The van der Waals surface area contributed by atoms with Crippen LogP contribution in [0, 0.1) is 10.1 Å². The second kappa shape index (κ2) is 9.92. The minimum absolute atomic E-state index is 0.0461. The van der Waals surface area contributed by atoms with E-state index in [-0.39, 0.29) is 12.2 Å². The van der Waals surface area contributed by atoms with Crippen molar-refractivity contribution in [3.63, 3.8) is 0 Å². The normalized spacial score (nSPS) is 11.1. The molecule has 0 saturated heterocycles. The van der Waals surface area contributed by atoms with E-state index in [1.165, 1.54) is 36.2 Å². The van der Waals surface area contributed by atoms with Crippen molar-refractivity contribution in [1.29, 1.82) is 0 Å². The standard InChI is InChI=1S/C22H20N4O4/c27-21(22(28)23-14-17-7-4-8-20(11-17)26(29)30)13-19-12-18(24-15-25-19)10-9-16-5-2-1-3-6-16/h1-8,11-13,15,27H,9-10,14H2,(H,23,28)/b21-13-. The lowest BCUT2D eigenvalue weighted by atomic mass is 10.1. The van der Waals surface area contributed by atoms with Crippen molar-refractivity contribution in [2.24, 2.45) is 0 Å². The Balaban J connectivity index is 1.59. The lowest BCUT2D eigenvalue weighted by molar-refractivity contribution is -0.384. The summed E-state index contributed by atoms with van der Waals surface area (Å²) >= 11 is 0. The number of rotatable bonds is 8. The lowest BCUT2D eigenvalue weighted by Crippen LogP contribution is -2.24. The van der Waals surface area contributed by atoms with Crippen LogP contribution in [0.1, 0.15) is 22.5 Å². The van der Waals surface area contributed by atoms with Gasteiger partial charge in [0.15, 0.2) is 5.76 Å². The van der Waals surface area contributed by atoms with Gasteiger partial charge in [-0.2, -0.15) is 0 Å². The van der Waals surface area contributed by atoms with Crippen molar-refractivity contribution in [3.05, 3.63) is 105 Å². The number of hydrogen-bond acceptors (Lipinski definition) is 6. The maximum Gasteiger partial charge on any atom is 0.286 e. The smallest absolute Gasteiger partial charge is 0.286 e. The molecular weight excluding hydrogens is 384 g/mol. The lowest BCUT2D eigenvalue weighted by Gasteiger charge is -2.05. The number of nitrogens with one attached hydrogen (secondary N) is 1. The minimum Gasteiger partial charge on any atom is -0.503 e. The molecule has 3 rings (SSSR count). The highest BCUT2D eigenvalue weighted by molar-refractivity contribution is 5.95. The van der Waals surface area contributed by atoms with E-state index < -0.39 is 16.6 Å². The summed E-state index contributed by atoms with van der Waals surface area (Å²) in [5, 5.41) is 23.4. The Hall–Kier alpha value is -4.07. The van der Waals surface area contributed by atoms with Crippen molar-refractivity contribution in [1.82, 2.24) is 15.3 Å². The number of aryl methyl sites for hydroxylation is 2. The summed E-state index contributed by atoms with van der Waals surface area (Å²) in [5.41, 5.74) is 2.89. The van der Waals surface area contributed by atoms with E-state index in [0.717, 1.165) is 12.1 Å². The molecule has 8 heteroatoms. The summed E-state index contributed by atoms with van der Waals surface area (Å²) < 4.78 is 0. The number of amides is 1. The Morgan fingerprint density at radius 3 is 2.57 bits per heavy atom. The van der Waals surface area contributed by atoms with E-state index in [1.54, 1.807) is 12.1 Å². The van der Waals surface area contributed by atoms with E-state index in [0.29, 0.717) is 17.7 Å². The first kappa shape index (κ1) is 20.7. The van der Waals surface area contributed by atoms with Crippen LogP contribution >= 0.6 is 0 Å². The molecule has 0 saturated carbocycles. The highest BCUT2D eigenvalue weighted by Crippen LogP contribution is 2.13. The number of benzene rings is 2. The zero-order chi connectivity index (χ0) is 21.3. The van der Waals surface area contributed by atoms with Crippen molar-refractivity contribution >= 4 is 17.7 Å². The first-order chi connectivity index (χ1) is 14.5. The molecule has 3 aromatic rings. The van der Waals surface area contributed by atoms with Gasteiger partial charge >= 0.3 is 0 Å². The fraction of sp³-hybridized carbons (Fsp3) is 0.136. The van der Waals surface area contributed by atoms with Crippen LogP contribution in [0.25, 0.3) is 6.08 Å². The summed E-state index contributed by atoms with van der Waals surface area (Å²) in [4.78, 5) is 30.7. The highest BCUT2D eigenvalue weighted by atomic mass is 16.6. The number of carbonyl (C=O) groups excluding carboxylic acids is 1. The van der Waals surface area contributed by atoms with Crippen molar-refractivity contribution in [3.8, 4) is 0 Å². The Labute approximate surface area is 173 Å². The Morgan fingerprint density at radius 2 is 1.80 bits per heavy atom.